The van der Waals surface area contributed by atoms with Gasteiger partial charge in [0.1, 0.15) is 5.82 Å². The zero-order chi connectivity index (χ0) is 21.6. The van der Waals surface area contributed by atoms with Crippen LogP contribution in [0, 0.1) is 6.92 Å². The van der Waals surface area contributed by atoms with Crippen LogP contribution in [0.25, 0.3) is 0 Å². The first-order chi connectivity index (χ1) is 15.1. The van der Waals surface area contributed by atoms with E-state index in [4.69, 9.17) is 0 Å². The number of rotatable bonds is 5. The third-order valence-electron chi connectivity index (χ3n) is 5.47. The van der Waals surface area contributed by atoms with Gasteiger partial charge in [-0.2, -0.15) is 0 Å². The highest BCUT2D eigenvalue weighted by Gasteiger charge is 2.27. The number of carbonyl (C=O) groups is 2. The van der Waals surface area contributed by atoms with Crippen molar-refractivity contribution < 1.29 is 9.59 Å². The smallest absolute Gasteiger partial charge is 0.259 e. The summed E-state index contributed by atoms with van der Waals surface area (Å²) in [5.41, 5.74) is 2.59. The standard InChI is InChI=1S/C24H25N5O2/c1-17-21(24(31)28-19-9-3-2-4-10-19)15-26-23(27-17)18-8-7-13-29(16-18)22(30)14-20-11-5-6-12-25-20/h2-6,9-12,15,18H,7-8,13-14,16H2,1H3,(H,28,31). The molecule has 0 aliphatic carbocycles. The van der Waals surface area contributed by atoms with Gasteiger partial charge in [0.15, 0.2) is 0 Å². The minimum Gasteiger partial charge on any atom is -0.342 e. The number of aromatic nitrogens is 3. The molecule has 7 nitrogen and oxygen atoms in total. The average molecular weight is 415 g/mol. The lowest BCUT2D eigenvalue weighted by atomic mass is 9.96. The first-order valence-electron chi connectivity index (χ1n) is 10.5. The van der Waals surface area contributed by atoms with Crippen molar-refractivity contribution in [3.63, 3.8) is 0 Å². The molecule has 4 rings (SSSR count). The lowest BCUT2D eigenvalue weighted by Crippen LogP contribution is -2.40. The van der Waals surface area contributed by atoms with Gasteiger partial charge in [-0.3, -0.25) is 14.6 Å². The summed E-state index contributed by atoms with van der Waals surface area (Å²) >= 11 is 0. The second-order valence-corrected chi connectivity index (χ2v) is 7.72. The maximum atomic E-state index is 12.7. The second-order valence-electron chi connectivity index (χ2n) is 7.72. The number of para-hydroxylation sites is 1. The Balaban J connectivity index is 1.42. The molecular weight excluding hydrogens is 390 g/mol. The van der Waals surface area contributed by atoms with E-state index in [9.17, 15) is 9.59 Å². The van der Waals surface area contributed by atoms with Gasteiger partial charge in [0.05, 0.1) is 17.7 Å². The number of anilines is 1. The summed E-state index contributed by atoms with van der Waals surface area (Å²) in [5, 5.41) is 2.87. The number of likely N-dealkylation sites (tertiary alicyclic amines) is 1. The third-order valence-corrected chi connectivity index (χ3v) is 5.47. The molecule has 1 saturated heterocycles. The van der Waals surface area contributed by atoms with Gasteiger partial charge in [0.2, 0.25) is 5.91 Å². The molecule has 0 radical (unpaired) electrons. The van der Waals surface area contributed by atoms with Crippen molar-refractivity contribution in [1.29, 1.82) is 0 Å². The summed E-state index contributed by atoms with van der Waals surface area (Å²) in [6.45, 7) is 3.14. The largest absolute Gasteiger partial charge is 0.342 e. The Labute approximate surface area is 181 Å². The van der Waals surface area contributed by atoms with E-state index < -0.39 is 0 Å². The molecule has 1 aromatic carbocycles. The van der Waals surface area contributed by atoms with Crippen LogP contribution >= 0.6 is 0 Å². The Morgan fingerprint density at radius 3 is 2.65 bits per heavy atom. The molecule has 1 unspecified atom stereocenters. The predicted molar refractivity (Wildman–Crippen MR) is 118 cm³/mol. The van der Waals surface area contributed by atoms with Crippen molar-refractivity contribution in [1.82, 2.24) is 19.9 Å². The molecule has 31 heavy (non-hydrogen) atoms. The Bertz CT molecular complexity index is 1060. The van der Waals surface area contributed by atoms with Gasteiger partial charge >= 0.3 is 0 Å². The van der Waals surface area contributed by atoms with Crippen molar-refractivity contribution in [2.75, 3.05) is 18.4 Å². The van der Waals surface area contributed by atoms with Gasteiger partial charge in [-0.05, 0) is 44.0 Å². The second kappa shape index (κ2) is 9.47. The maximum absolute atomic E-state index is 12.7. The van der Waals surface area contributed by atoms with Gasteiger partial charge < -0.3 is 10.2 Å². The van der Waals surface area contributed by atoms with Gasteiger partial charge in [-0.25, -0.2) is 9.97 Å². The molecule has 158 valence electrons. The summed E-state index contributed by atoms with van der Waals surface area (Å²) in [6.07, 6.45) is 5.41. The molecule has 3 heterocycles. The van der Waals surface area contributed by atoms with Crippen molar-refractivity contribution in [3.05, 3.63) is 83.7 Å². The number of pyridine rings is 1. The molecular formula is C24H25N5O2. The quantitative estimate of drug-likeness (QED) is 0.690. The molecule has 1 N–H and O–H groups in total. The Kier molecular flexibility index (Phi) is 6.31. The normalized spacial score (nSPS) is 16.0. The van der Waals surface area contributed by atoms with Crippen LogP contribution in [0.3, 0.4) is 0 Å². The van der Waals surface area contributed by atoms with E-state index in [-0.39, 0.29) is 17.7 Å². The van der Waals surface area contributed by atoms with Crippen molar-refractivity contribution in [2.45, 2.75) is 32.1 Å². The first-order valence-corrected chi connectivity index (χ1v) is 10.5. The van der Waals surface area contributed by atoms with E-state index in [0.29, 0.717) is 30.0 Å². The lowest BCUT2D eigenvalue weighted by Gasteiger charge is -2.32. The molecule has 1 fully saturated rings. The van der Waals surface area contributed by atoms with E-state index in [1.54, 1.807) is 12.4 Å². The number of benzene rings is 1. The van der Waals surface area contributed by atoms with E-state index in [1.165, 1.54) is 0 Å². The zero-order valence-corrected chi connectivity index (χ0v) is 17.5. The topological polar surface area (TPSA) is 88.1 Å². The molecule has 3 aromatic rings. The minimum absolute atomic E-state index is 0.0615. The van der Waals surface area contributed by atoms with Gasteiger partial charge in [0, 0.05) is 42.8 Å². The van der Waals surface area contributed by atoms with Crippen LogP contribution in [-0.4, -0.2) is 44.8 Å². The molecule has 2 amide bonds. The number of aryl methyl sites for hydroxylation is 1. The predicted octanol–water partition coefficient (Wildman–Crippen LogP) is 3.38. The highest BCUT2D eigenvalue weighted by Crippen LogP contribution is 2.25. The highest BCUT2D eigenvalue weighted by molar-refractivity contribution is 6.04. The number of hydrogen-bond donors (Lipinski definition) is 1. The molecule has 2 aromatic heterocycles. The fourth-order valence-electron chi connectivity index (χ4n) is 3.81. The molecule has 0 bridgehead atoms. The van der Waals surface area contributed by atoms with Crippen molar-refractivity contribution in [3.8, 4) is 0 Å². The van der Waals surface area contributed by atoms with E-state index in [1.807, 2.05) is 60.4 Å². The van der Waals surface area contributed by atoms with Crippen molar-refractivity contribution in [2.24, 2.45) is 0 Å². The lowest BCUT2D eigenvalue weighted by molar-refractivity contribution is -0.131. The Morgan fingerprint density at radius 1 is 1.10 bits per heavy atom. The summed E-state index contributed by atoms with van der Waals surface area (Å²) in [5.74, 6) is 0.584. The molecule has 1 aliphatic heterocycles. The minimum atomic E-state index is -0.231. The number of nitrogens with one attached hydrogen (secondary N) is 1. The zero-order valence-electron chi connectivity index (χ0n) is 17.5. The van der Waals surface area contributed by atoms with Gasteiger partial charge in [0.25, 0.3) is 5.91 Å². The Hall–Kier alpha value is -3.61. The molecule has 1 atom stereocenters. The highest BCUT2D eigenvalue weighted by atomic mass is 16.2. The van der Waals surface area contributed by atoms with Gasteiger partial charge in [-0.1, -0.05) is 24.3 Å². The van der Waals surface area contributed by atoms with Crippen molar-refractivity contribution >= 4 is 17.5 Å². The SMILES string of the molecule is Cc1nc(C2CCCN(C(=O)Cc3ccccn3)C2)ncc1C(=O)Nc1ccccc1. The van der Waals surface area contributed by atoms with Crippen LogP contribution < -0.4 is 5.32 Å². The van der Waals surface area contributed by atoms with E-state index >= 15 is 0 Å². The summed E-state index contributed by atoms with van der Waals surface area (Å²) in [7, 11) is 0. The van der Waals surface area contributed by atoms with E-state index in [2.05, 4.69) is 20.3 Å². The number of hydrogen-bond acceptors (Lipinski definition) is 5. The summed E-state index contributed by atoms with van der Waals surface area (Å²) in [6, 6.07) is 14.9. The van der Waals surface area contributed by atoms with E-state index in [0.717, 1.165) is 30.8 Å². The molecule has 1 aliphatic rings. The number of amides is 2. The molecule has 0 spiro atoms. The Morgan fingerprint density at radius 2 is 1.90 bits per heavy atom. The van der Waals surface area contributed by atoms with Crippen LogP contribution in [0.15, 0.2) is 60.9 Å². The van der Waals surface area contributed by atoms with Crippen LogP contribution in [0.2, 0.25) is 0 Å². The van der Waals surface area contributed by atoms with Crippen LogP contribution in [0.4, 0.5) is 5.69 Å². The molecule has 0 saturated carbocycles. The monoisotopic (exact) mass is 415 g/mol. The number of carbonyl (C=O) groups excluding carboxylic acids is 2. The first kappa shape index (κ1) is 20.7. The van der Waals surface area contributed by atoms with Crippen LogP contribution in [0.1, 0.15) is 46.3 Å². The third kappa shape index (κ3) is 5.12. The van der Waals surface area contributed by atoms with Gasteiger partial charge in [-0.15, -0.1) is 0 Å². The molecule has 7 heteroatoms. The fourth-order valence-corrected chi connectivity index (χ4v) is 3.81. The maximum Gasteiger partial charge on any atom is 0.259 e. The van der Waals surface area contributed by atoms with Crippen LogP contribution in [0.5, 0.6) is 0 Å². The number of nitrogens with zero attached hydrogens (tertiary/aromatic N) is 4. The summed E-state index contributed by atoms with van der Waals surface area (Å²) < 4.78 is 0. The average Bonchev–Trinajstić information content (AvgIpc) is 2.80. The summed E-state index contributed by atoms with van der Waals surface area (Å²) in [4.78, 5) is 40.5. The number of piperidine rings is 1. The van der Waals surface area contributed by atoms with Crippen LogP contribution in [-0.2, 0) is 11.2 Å². The fraction of sp³-hybridized carbons (Fsp3) is 0.292.